The molecule has 1 N–H and O–H groups in total. The van der Waals surface area contributed by atoms with Gasteiger partial charge in [-0.1, -0.05) is 6.07 Å². The number of ether oxygens (including phenoxy) is 2. The van der Waals surface area contributed by atoms with Gasteiger partial charge in [0.05, 0.1) is 10.2 Å². The van der Waals surface area contributed by atoms with Gasteiger partial charge in [-0.05, 0) is 55.8 Å². The summed E-state index contributed by atoms with van der Waals surface area (Å²) in [7, 11) is 0. The molecule has 0 radical (unpaired) electrons. The predicted octanol–water partition coefficient (Wildman–Crippen LogP) is 3.79. The van der Waals surface area contributed by atoms with E-state index in [0.29, 0.717) is 12.3 Å². The van der Waals surface area contributed by atoms with Gasteiger partial charge in [-0.15, -0.1) is 11.3 Å². The number of esters is 1. The number of benzene rings is 2. The lowest BCUT2D eigenvalue weighted by Gasteiger charge is -2.07. The summed E-state index contributed by atoms with van der Waals surface area (Å²) in [6, 6.07) is 13.6. The Kier molecular flexibility index (Phi) is 6.16. The van der Waals surface area contributed by atoms with Gasteiger partial charge in [0.2, 0.25) is 0 Å². The molecular weight excluding hydrogens is 364 g/mol. The van der Waals surface area contributed by atoms with E-state index in [4.69, 9.17) is 9.47 Å². The van der Waals surface area contributed by atoms with Crippen LogP contribution in [-0.4, -0.2) is 36.7 Å². The number of fused-ring (bicyclic) bond motifs is 1. The van der Waals surface area contributed by atoms with Crippen LogP contribution >= 0.6 is 11.3 Å². The van der Waals surface area contributed by atoms with Crippen molar-refractivity contribution in [3.8, 4) is 10.6 Å². The highest BCUT2D eigenvalue weighted by molar-refractivity contribution is 7.21. The van der Waals surface area contributed by atoms with Crippen molar-refractivity contribution in [2.45, 2.75) is 13.8 Å². The van der Waals surface area contributed by atoms with Crippen molar-refractivity contribution in [1.82, 2.24) is 4.98 Å². The summed E-state index contributed by atoms with van der Waals surface area (Å²) in [5.41, 5.74) is 3.79. The van der Waals surface area contributed by atoms with E-state index >= 15 is 0 Å². The Labute approximate surface area is 161 Å². The van der Waals surface area contributed by atoms with Gasteiger partial charge >= 0.3 is 5.97 Å². The Bertz CT molecular complexity index is 950. The first kappa shape index (κ1) is 19.0. The number of nitrogens with one attached hydrogen (secondary N) is 1. The summed E-state index contributed by atoms with van der Waals surface area (Å²) >= 11 is 1.63. The smallest absolute Gasteiger partial charge is 0.332 e. The molecule has 0 aliphatic carbocycles. The molecule has 0 aliphatic heterocycles. The fourth-order valence-electron chi connectivity index (χ4n) is 2.42. The molecule has 1 heterocycles. The van der Waals surface area contributed by atoms with Gasteiger partial charge in [0.1, 0.15) is 11.6 Å². The summed E-state index contributed by atoms with van der Waals surface area (Å²) in [5, 5.41) is 3.62. The molecular formula is C20H20N2O4S. The van der Waals surface area contributed by atoms with Crippen molar-refractivity contribution in [2.24, 2.45) is 0 Å². The number of hydrogen-bond acceptors (Lipinski definition) is 6. The number of aromatic nitrogens is 1. The van der Waals surface area contributed by atoms with Crippen molar-refractivity contribution in [2.75, 3.05) is 25.1 Å². The Morgan fingerprint density at radius 1 is 1.11 bits per heavy atom. The maximum atomic E-state index is 11.9. The second kappa shape index (κ2) is 8.75. The predicted molar refractivity (Wildman–Crippen MR) is 106 cm³/mol. The van der Waals surface area contributed by atoms with Crippen LogP contribution in [0.1, 0.15) is 12.5 Å². The lowest BCUT2D eigenvalue weighted by atomic mass is 10.2. The molecule has 0 bridgehead atoms. The minimum absolute atomic E-state index is 0.153. The van der Waals surface area contributed by atoms with Crippen LogP contribution in [0.3, 0.4) is 0 Å². The quantitative estimate of drug-likeness (QED) is 0.627. The van der Waals surface area contributed by atoms with Crippen molar-refractivity contribution in [1.29, 1.82) is 0 Å². The van der Waals surface area contributed by atoms with E-state index in [1.54, 1.807) is 30.4 Å². The third kappa shape index (κ3) is 5.12. The van der Waals surface area contributed by atoms with E-state index in [0.717, 1.165) is 20.8 Å². The molecule has 3 aromatic rings. The number of nitrogens with zero attached hydrogens (tertiary/aromatic N) is 1. The molecule has 27 heavy (non-hydrogen) atoms. The van der Waals surface area contributed by atoms with Crippen molar-refractivity contribution < 1.29 is 19.1 Å². The van der Waals surface area contributed by atoms with E-state index < -0.39 is 11.9 Å². The molecule has 0 aliphatic rings. The maximum Gasteiger partial charge on any atom is 0.332 e. The van der Waals surface area contributed by atoms with Gasteiger partial charge in [-0.25, -0.2) is 9.78 Å². The summed E-state index contributed by atoms with van der Waals surface area (Å²) in [6.45, 7) is 3.76. The number of carbonyl (C=O) groups excluding carboxylic acids is 2. The molecule has 7 heteroatoms. The largest absolute Gasteiger partial charge is 0.454 e. The van der Waals surface area contributed by atoms with Crippen LogP contribution in [0.2, 0.25) is 0 Å². The summed E-state index contributed by atoms with van der Waals surface area (Å²) < 4.78 is 10.9. The fourth-order valence-corrected chi connectivity index (χ4v) is 3.49. The molecule has 0 fully saturated rings. The minimum atomic E-state index is -0.562. The van der Waals surface area contributed by atoms with Gasteiger partial charge in [0, 0.05) is 17.9 Å². The lowest BCUT2D eigenvalue weighted by molar-refractivity contribution is -0.151. The molecule has 0 atom stereocenters. The maximum absolute atomic E-state index is 11.9. The Morgan fingerprint density at radius 2 is 1.89 bits per heavy atom. The summed E-state index contributed by atoms with van der Waals surface area (Å²) in [4.78, 5) is 27.8. The number of anilines is 1. The van der Waals surface area contributed by atoms with Gasteiger partial charge < -0.3 is 14.8 Å². The van der Waals surface area contributed by atoms with Gasteiger partial charge in [-0.3, -0.25) is 4.79 Å². The van der Waals surface area contributed by atoms with E-state index in [1.807, 2.05) is 24.3 Å². The summed E-state index contributed by atoms with van der Waals surface area (Å²) in [6.07, 6.45) is 0. The van der Waals surface area contributed by atoms with Gasteiger partial charge in [-0.2, -0.15) is 0 Å². The third-order valence-corrected chi connectivity index (χ3v) is 4.82. The Hall–Kier alpha value is -2.77. The molecule has 0 saturated heterocycles. The standard InChI is InChI=1S/C20H20N2O4S/c1-3-25-12-19(24)26-11-18(23)21-15-7-5-14(6-8-15)20-22-16-9-4-13(2)10-17(16)27-20/h4-10H,3,11-12H2,1-2H3,(H,21,23). The number of rotatable bonds is 7. The SMILES string of the molecule is CCOCC(=O)OCC(=O)Nc1ccc(-c2nc3ccc(C)cc3s2)cc1. The Morgan fingerprint density at radius 3 is 2.63 bits per heavy atom. The highest BCUT2D eigenvalue weighted by Gasteiger charge is 2.09. The second-order valence-corrected chi connectivity index (χ2v) is 6.94. The minimum Gasteiger partial charge on any atom is -0.454 e. The first-order valence-electron chi connectivity index (χ1n) is 8.56. The zero-order valence-electron chi connectivity index (χ0n) is 15.2. The first-order valence-corrected chi connectivity index (χ1v) is 9.37. The zero-order valence-corrected chi connectivity index (χ0v) is 16.0. The van der Waals surface area contributed by atoms with Crippen LogP contribution in [-0.2, 0) is 19.1 Å². The van der Waals surface area contributed by atoms with Crippen LogP contribution in [0.15, 0.2) is 42.5 Å². The van der Waals surface area contributed by atoms with E-state index in [9.17, 15) is 9.59 Å². The molecule has 0 saturated carbocycles. The molecule has 1 aromatic heterocycles. The first-order chi connectivity index (χ1) is 13.0. The average Bonchev–Trinajstić information content (AvgIpc) is 3.08. The molecule has 1 amide bonds. The van der Waals surface area contributed by atoms with Crippen molar-refractivity contribution in [3.63, 3.8) is 0 Å². The van der Waals surface area contributed by atoms with Crippen LogP contribution in [0.4, 0.5) is 5.69 Å². The molecule has 6 nitrogen and oxygen atoms in total. The number of thiazole rings is 1. The van der Waals surface area contributed by atoms with Crippen LogP contribution in [0, 0.1) is 6.92 Å². The number of aryl methyl sites for hydroxylation is 1. The van der Waals surface area contributed by atoms with Crippen molar-refractivity contribution >= 4 is 39.1 Å². The van der Waals surface area contributed by atoms with Gasteiger partial charge in [0.25, 0.3) is 5.91 Å². The average molecular weight is 384 g/mol. The number of hydrogen-bond donors (Lipinski definition) is 1. The molecule has 140 valence electrons. The number of carbonyl (C=O) groups is 2. The molecule has 2 aromatic carbocycles. The van der Waals surface area contributed by atoms with Crippen LogP contribution in [0.25, 0.3) is 20.8 Å². The van der Waals surface area contributed by atoms with E-state index in [2.05, 4.69) is 23.3 Å². The topological polar surface area (TPSA) is 77.5 Å². The second-order valence-electron chi connectivity index (χ2n) is 5.91. The molecule has 3 rings (SSSR count). The number of amides is 1. The molecule has 0 spiro atoms. The van der Waals surface area contributed by atoms with E-state index in [-0.39, 0.29) is 13.2 Å². The highest BCUT2D eigenvalue weighted by atomic mass is 32.1. The zero-order chi connectivity index (χ0) is 19.2. The normalized spacial score (nSPS) is 10.7. The lowest BCUT2D eigenvalue weighted by Crippen LogP contribution is -2.22. The third-order valence-electron chi connectivity index (χ3n) is 3.75. The van der Waals surface area contributed by atoms with Crippen LogP contribution < -0.4 is 5.32 Å². The monoisotopic (exact) mass is 384 g/mol. The fraction of sp³-hybridized carbons (Fsp3) is 0.250. The summed E-state index contributed by atoms with van der Waals surface area (Å²) in [5.74, 6) is -0.962. The van der Waals surface area contributed by atoms with Crippen LogP contribution in [0.5, 0.6) is 0 Å². The Balaban J connectivity index is 1.59. The van der Waals surface area contributed by atoms with E-state index in [1.165, 1.54) is 5.56 Å². The molecule has 0 unspecified atom stereocenters. The van der Waals surface area contributed by atoms with Crippen molar-refractivity contribution in [3.05, 3.63) is 48.0 Å². The highest BCUT2D eigenvalue weighted by Crippen LogP contribution is 2.31. The van der Waals surface area contributed by atoms with Gasteiger partial charge in [0.15, 0.2) is 6.61 Å².